The number of hydrogen-bond acceptors (Lipinski definition) is 3. The Morgan fingerprint density at radius 3 is 2.53 bits per heavy atom. The molecule has 1 rings (SSSR count). The zero-order valence-corrected chi connectivity index (χ0v) is 7.92. The minimum Gasteiger partial charge on any atom is -0.479 e. The summed E-state index contributed by atoms with van der Waals surface area (Å²) in [7, 11) is 0. The Balaban J connectivity index is 2.44. The van der Waals surface area contributed by atoms with Gasteiger partial charge in [-0.05, 0) is 11.6 Å². The average Bonchev–Trinajstić information content (AvgIpc) is 2.25. The summed E-state index contributed by atoms with van der Waals surface area (Å²) in [6, 6.07) is 9.17. The van der Waals surface area contributed by atoms with E-state index in [9.17, 15) is 9.59 Å². The summed E-state index contributed by atoms with van der Waals surface area (Å²) in [6.07, 6.45) is 2.75. The highest BCUT2D eigenvalue weighted by Crippen LogP contribution is 2.00. The van der Waals surface area contributed by atoms with Crippen molar-refractivity contribution in [3.63, 3.8) is 0 Å². The Labute approximate surface area is 86.8 Å². The van der Waals surface area contributed by atoms with Gasteiger partial charge in [-0.15, -0.1) is 0 Å². The lowest BCUT2D eigenvalue weighted by Crippen LogP contribution is -2.10. The minimum atomic E-state index is -1.17. The molecule has 15 heavy (non-hydrogen) atoms. The van der Waals surface area contributed by atoms with Gasteiger partial charge in [0.1, 0.15) is 0 Å². The number of rotatable bonds is 4. The quantitative estimate of drug-likeness (QED) is 0.596. The predicted molar refractivity (Wildman–Crippen MR) is 54.1 cm³/mol. The highest BCUT2D eigenvalue weighted by atomic mass is 16.5. The lowest BCUT2D eigenvalue weighted by Gasteiger charge is -1.95. The van der Waals surface area contributed by atoms with E-state index in [-0.39, 0.29) is 0 Å². The summed E-state index contributed by atoms with van der Waals surface area (Å²) in [5.41, 5.74) is 0.852. The maximum atomic E-state index is 10.9. The molecule has 1 aromatic carbocycles. The lowest BCUT2D eigenvalue weighted by atomic mass is 10.2. The van der Waals surface area contributed by atoms with Crippen LogP contribution in [0.15, 0.2) is 36.4 Å². The zero-order chi connectivity index (χ0) is 11.1. The number of hydrogen-bond donors (Lipinski definition) is 1. The molecule has 0 aromatic heterocycles. The Hall–Kier alpha value is -2.10. The second-order valence-corrected chi connectivity index (χ2v) is 2.75. The summed E-state index contributed by atoms with van der Waals surface area (Å²) in [5.74, 6) is -1.84. The number of aliphatic carboxylic acids is 1. The SMILES string of the molecule is O=C(O)COC(=O)C=Cc1ccccc1. The molecule has 0 atom stereocenters. The maximum absolute atomic E-state index is 10.9. The number of esters is 1. The van der Waals surface area contributed by atoms with Gasteiger partial charge < -0.3 is 9.84 Å². The molecule has 4 nitrogen and oxygen atoms in total. The van der Waals surface area contributed by atoms with Crippen LogP contribution in [0.2, 0.25) is 0 Å². The molecular formula is C11H10O4. The molecule has 0 aliphatic heterocycles. The van der Waals surface area contributed by atoms with Crippen LogP contribution in [-0.2, 0) is 14.3 Å². The number of ether oxygens (including phenoxy) is 1. The summed E-state index contributed by atoms with van der Waals surface area (Å²) < 4.78 is 4.40. The van der Waals surface area contributed by atoms with Crippen molar-refractivity contribution in [2.45, 2.75) is 0 Å². The summed E-state index contributed by atoms with van der Waals surface area (Å²) in [4.78, 5) is 21.0. The zero-order valence-electron chi connectivity index (χ0n) is 7.92. The van der Waals surface area contributed by atoms with Crippen LogP contribution in [0.1, 0.15) is 5.56 Å². The molecule has 1 aromatic rings. The first-order valence-corrected chi connectivity index (χ1v) is 4.30. The van der Waals surface area contributed by atoms with Gasteiger partial charge in [-0.25, -0.2) is 9.59 Å². The van der Waals surface area contributed by atoms with Gasteiger partial charge in [-0.1, -0.05) is 30.3 Å². The van der Waals surface area contributed by atoms with Crippen LogP contribution in [0.5, 0.6) is 0 Å². The van der Waals surface area contributed by atoms with Gasteiger partial charge in [0.15, 0.2) is 6.61 Å². The number of carboxylic acids is 1. The van der Waals surface area contributed by atoms with E-state index in [0.717, 1.165) is 5.56 Å². The molecule has 1 N–H and O–H groups in total. The van der Waals surface area contributed by atoms with E-state index in [1.54, 1.807) is 6.08 Å². The van der Waals surface area contributed by atoms with Crippen LogP contribution in [-0.4, -0.2) is 23.7 Å². The van der Waals surface area contributed by atoms with E-state index in [1.807, 2.05) is 30.3 Å². The van der Waals surface area contributed by atoms with Crippen LogP contribution >= 0.6 is 0 Å². The summed E-state index contributed by atoms with van der Waals surface area (Å²) in [5, 5.41) is 8.25. The van der Waals surface area contributed by atoms with E-state index >= 15 is 0 Å². The molecule has 0 bridgehead atoms. The molecule has 0 amide bonds. The second kappa shape index (κ2) is 5.59. The Bertz CT molecular complexity index is 367. The van der Waals surface area contributed by atoms with Crippen molar-refractivity contribution in [2.24, 2.45) is 0 Å². The molecular weight excluding hydrogens is 196 g/mol. The number of benzene rings is 1. The molecule has 0 heterocycles. The van der Waals surface area contributed by atoms with Gasteiger partial charge in [0.05, 0.1) is 0 Å². The third kappa shape index (κ3) is 4.61. The molecule has 0 spiro atoms. The average molecular weight is 206 g/mol. The molecule has 0 aliphatic carbocycles. The first-order valence-electron chi connectivity index (χ1n) is 4.30. The van der Waals surface area contributed by atoms with Crippen LogP contribution in [0.25, 0.3) is 6.08 Å². The van der Waals surface area contributed by atoms with E-state index in [0.29, 0.717) is 0 Å². The molecule has 0 saturated carbocycles. The molecule has 0 aliphatic rings. The molecule has 78 valence electrons. The first-order chi connectivity index (χ1) is 7.18. The van der Waals surface area contributed by atoms with Crippen LogP contribution < -0.4 is 0 Å². The minimum absolute atomic E-state index is 0.613. The number of carboxylic acid groups (broad SMARTS) is 1. The van der Waals surface area contributed by atoms with Gasteiger partial charge in [0, 0.05) is 6.08 Å². The van der Waals surface area contributed by atoms with Crippen molar-refractivity contribution in [1.82, 2.24) is 0 Å². The van der Waals surface area contributed by atoms with Crippen LogP contribution in [0, 0.1) is 0 Å². The summed E-state index contributed by atoms with van der Waals surface area (Å²) >= 11 is 0. The topological polar surface area (TPSA) is 63.6 Å². The fraction of sp³-hybridized carbons (Fsp3) is 0.0909. The Morgan fingerprint density at radius 2 is 1.93 bits per heavy atom. The first kappa shape index (κ1) is 11.0. The van der Waals surface area contributed by atoms with E-state index in [1.165, 1.54) is 6.08 Å². The van der Waals surface area contributed by atoms with Crippen molar-refractivity contribution in [3.05, 3.63) is 42.0 Å². The fourth-order valence-corrected chi connectivity index (χ4v) is 0.909. The molecule has 0 fully saturated rings. The van der Waals surface area contributed by atoms with Gasteiger partial charge in [0.25, 0.3) is 0 Å². The Kier molecular flexibility index (Phi) is 4.09. The van der Waals surface area contributed by atoms with Crippen LogP contribution in [0.4, 0.5) is 0 Å². The van der Waals surface area contributed by atoms with Crippen molar-refractivity contribution in [1.29, 1.82) is 0 Å². The Morgan fingerprint density at radius 1 is 1.27 bits per heavy atom. The lowest BCUT2D eigenvalue weighted by molar-refractivity contribution is -0.151. The van der Waals surface area contributed by atoms with E-state index in [2.05, 4.69) is 4.74 Å². The monoisotopic (exact) mass is 206 g/mol. The number of carbonyl (C=O) groups excluding carboxylic acids is 1. The normalized spacial score (nSPS) is 10.1. The predicted octanol–water partition coefficient (Wildman–Crippen LogP) is 1.33. The highest BCUT2D eigenvalue weighted by Gasteiger charge is 2.00. The molecule has 0 unspecified atom stereocenters. The second-order valence-electron chi connectivity index (χ2n) is 2.75. The molecule has 4 heteroatoms. The third-order valence-electron chi connectivity index (χ3n) is 1.55. The van der Waals surface area contributed by atoms with Crippen molar-refractivity contribution < 1.29 is 19.4 Å². The number of carbonyl (C=O) groups is 2. The van der Waals surface area contributed by atoms with Crippen LogP contribution in [0.3, 0.4) is 0 Å². The van der Waals surface area contributed by atoms with Crippen molar-refractivity contribution in [2.75, 3.05) is 6.61 Å². The smallest absolute Gasteiger partial charge is 0.341 e. The molecule has 0 radical (unpaired) electrons. The third-order valence-corrected chi connectivity index (χ3v) is 1.55. The fourth-order valence-electron chi connectivity index (χ4n) is 0.909. The standard InChI is InChI=1S/C11H10O4/c12-10(13)8-15-11(14)7-6-9-4-2-1-3-5-9/h1-7H,8H2,(H,12,13). The van der Waals surface area contributed by atoms with Gasteiger partial charge in [-0.2, -0.15) is 0 Å². The van der Waals surface area contributed by atoms with Gasteiger partial charge in [0.2, 0.25) is 0 Å². The molecule has 0 saturated heterocycles. The van der Waals surface area contributed by atoms with Gasteiger partial charge >= 0.3 is 11.9 Å². The van der Waals surface area contributed by atoms with E-state index in [4.69, 9.17) is 5.11 Å². The van der Waals surface area contributed by atoms with Gasteiger partial charge in [-0.3, -0.25) is 0 Å². The highest BCUT2D eigenvalue weighted by molar-refractivity contribution is 5.88. The maximum Gasteiger partial charge on any atom is 0.341 e. The summed E-state index contributed by atoms with van der Waals surface area (Å²) in [6.45, 7) is -0.613. The van der Waals surface area contributed by atoms with Crippen molar-refractivity contribution >= 4 is 18.0 Å². The largest absolute Gasteiger partial charge is 0.479 e. The van der Waals surface area contributed by atoms with E-state index < -0.39 is 18.5 Å². The van der Waals surface area contributed by atoms with Crippen molar-refractivity contribution in [3.8, 4) is 0 Å².